The molecule has 4 nitrogen and oxygen atoms in total. The molecule has 0 fully saturated rings. The fraction of sp³-hybridized carbons (Fsp3) is 0.344. The van der Waals surface area contributed by atoms with E-state index < -0.39 is 13.9 Å². The van der Waals surface area contributed by atoms with Gasteiger partial charge in [-0.05, 0) is 47.3 Å². The van der Waals surface area contributed by atoms with Crippen molar-refractivity contribution >= 4 is 30.4 Å². The minimum atomic E-state index is -2.74. The Balaban J connectivity index is 1.74. The van der Waals surface area contributed by atoms with E-state index in [9.17, 15) is 4.79 Å². The van der Waals surface area contributed by atoms with Crippen LogP contribution in [0.3, 0.4) is 0 Å². The van der Waals surface area contributed by atoms with Crippen molar-refractivity contribution in [3.05, 3.63) is 103 Å². The molecule has 0 aromatic heterocycles. The number of ether oxygens (including phenoxy) is 1. The van der Waals surface area contributed by atoms with E-state index in [0.29, 0.717) is 13.2 Å². The summed E-state index contributed by atoms with van der Waals surface area (Å²) < 4.78 is 13.0. The summed E-state index contributed by atoms with van der Waals surface area (Å²) >= 11 is 0. The van der Waals surface area contributed by atoms with E-state index in [4.69, 9.17) is 9.16 Å². The lowest BCUT2D eigenvalue weighted by atomic mass is 10.1. The van der Waals surface area contributed by atoms with Crippen LogP contribution in [0.2, 0.25) is 5.04 Å². The predicted molar refractivity (Wildman–Crippen MR) is 155 cm³/mol. The Kier molecular flexibility index (Phi) is 7.76. The molecule has 0 bridgehead atoms. The SMILES string of the molecule is CC(C)(C)OC(=O)N1CC(c2ccccc2)=CC1CO[Si](c1ccccc1)(c1ccccc1)C(C)(C)C. The second-order valence-corrected chi connectivity index (χ2v) is 16.0. The van der Waals surface area contributed by atoms with Crippen LogP contribution in [-0.2, 0) is 9.16 Å². The smallest absolute Gasteiger partial charge is 0.411 e. The molecule has 194 valence electrons. The molecule has 1 unspecified atom stereocenters. The Morgan fingerprint density at radius 2 is 1.30 bits per heavy atom. The third-order valence-electron chi connectivity index (χ3n) is 6.79. The van der Waals surface area contributed by atoms with Crippen LogP contribution < -0.4 is 10.4 Å². The third-order valence-corrected chi connectivity index (χ3v) is 11.8. The van der Waals surface area contributed by atoms with Crippen LogP contribution in [0.25, 0.3) is 5.57 Å². The lowest BCUT2D eigenvalue weighted by molar-refractivity contribution is 0.0207. The predicted octanol–water partition coefficient (Wildman–Crippen LogP) is 6.27. The van der Waals surface area contributed by atoms with Crippen molar-refractivity contribution in [2.75, 3.05) is 13.2 Å². The van der Waals surface area contributed by atoms with Crippen LogP contribution in [0.15, 0.2) is 97.1 Å². The van der Waals surface area contributed by atoms with Crippen molar-refractivity contribution in [1.29, 1.82) is 0 Å². The van der Waals surface area contributed by atoms with Crippen LogP contribution >= 0.6 is 0 Å². The highest BCUT2D eigenvalue weighted by molar-refractivity contribution is 6.99. The summed E-state index contributed by atoms with van der Waals surface area (Å²) in [5.41, 5.74) is 1.65. The zero-order valence-corrected chi connectivity index (χ0v) is 23.9. The van der Waals surface area contributed by atoms with Crippen LogP contribution in [0.4, 0.5) is 4.79 Å². The monoisotopic (exact) mass is 513 g/mol. The number of hydrogen-bond donors (Lipinski definition) is 0. The maximum Gasteiger partial charge on any atom is 0.411 e. The van der Waals surface area contributed by atoms with Gasteiger partial charge in [-0.15, -0.1) is 0 Å². The van der Waals surface area contributed by atoms with Gasteiger partial charge in [-0.2, -0.15) is 0 Å². The van der Waals surface area contributed by atoms with Gasteiger partial charge < -0.3 is 9.16 Å². The first-order valence-electron chi connectivity index (χ1n) is 13.0. The molecule has 4 rings (SSSR count). The first-order chi connectivity index (χ1) is 17.5. The highest BCUT2D eigenvalue weighted by Gasteiger charge is 2.51. The number of carbonyl (C=O) groups is 1. The van der Waals surface area contributed by atoms with Crippen molar-refractivity contribution in [2.45, 2.75) is 58.2 Å². The van der Waals surface area contributed by atoms with E-state index in [1.807, 2.05) is 56.0 Å². The second kappa shape index (κ2) is 10.7. The Labute approximate surface area is 223 Å². The zero-order valence-electron chi connectivity index (χ0n) is 22.9. The molecule has 1 aliphatic rings. The number of rotatable bonds is 6. The van der Waals surface area contributed by atoms with Gasteiger partial charge in [-0.1, -0.05) is 118 Å². The molecule has 5 heteroatoms. The van der Waals surface area contributed by atoms with E-state index in [0.717, 1.165) is 11.1 Å². The van der Waals surface area contributed by atoms with Gasteiger partial charge >= 0.3 is 6.09 Å². The Bertz CT molecular complexity index is 1170. The molecular formula is C32H39NO3Si. The third kappa shape index (κ3) is 5.89. The normalized spacial score (nSPS) is 16.4. The quantitative estimate of drug-likeness (QED) is 0.365. The molecule has 3 aromatic carbocycles. The molecule has 0 radical (unpaired) electrons. The van der Waals surface area contributed by atoms with Gasteiger partial charge in [0.15, 0.2) is 0 Å². The van der Waals surface area contributed by atoms with Gasteiger partial charge in [0.1, 0.15) is 5.60 Å². The maximum absolute atomic E-state index is 13.3. The minimum Gasteiger partial charge on any atom is -0.444 e. The van der Waals surface area contributed by atoms with Crippen molar-refractivity contribution < 1.29 is 14.0 Å². The van der Waals surface area contributed by atoms with Gasteiger partial charge in [-0.25, -0.2) is 4.79 Å². The molecule has 0 N–H and O–H groups in total. The largest absolute Gasteiger partial charge is 0.444 e. The number of hydrogen-bond acceptors (Lipinski definition) is 3. The Hall–Kier alpha value is -3.15. The molecular weight excluding hydrogens is 474 g/mol. The van der Waals surface area contributed by atoms with Gasteiger partial charge in [0, 0.05) is 0 Å². The van der Waals surface area contributed by atoms with Crippen molar-refractivity contribution in [3.8, 4) is 0 Å². The highest BCUT2D eigenvalue weighted by Crippen LogP contribution is 2.37. The average molecular weight is 514 g/mol. The molecule has 1 atom stereocenters. The van der Waals surface area contributed by atoms with E-state index in [-0.39, 0.29) is 17.2 Å². The van der Waals surface area contributed by atoms with Crippen molar-refractivity contribution in [1.82, 2.24) is 4.90 Å². The number of benzene rings is 3. The summed E-state index contributed by atoms with van der Waals surface area (Å²) in [5.74, 6) is 0. The second-order valence-electron chi connectivity index (χ2n) is 11.7. The summed E-state index contributed by atoms with van der Waals surface area (Å²) in [6, 6.07) is 31.2. The Morgan fingerprint density at radius 1 is 0.811 bits per heavy atom. The van der Waals surface area contributed by atoms with E-state index >= 15 is 0 Å². The molecule has 1 aliphatic heterocycles. The van der Waals surface area contributed by atoms with Gasteiger partial charge in [0.05, 0.1) is 19.2 Å². The molecule has 37 heavy (non-hydrogen) atoms. The lowest BCUT2D eigenvalue weighted by Gasteiger charge is -2.44. The number of amides is 1. The van der Waals surface area contributed by atoms with Gasteiger partial charge in [0.25, 0.3) is 8.32 Å². The summed E-state index contributed by atoms with van der Waals surface area (Å²) in [6.07, 6.45) is 1.86. The molecule has 1 heterocycles. The summed E-state index contributed by atoms with van der Waals surface area (Å²) in [7, 11) is -2.74. The van der Waals surface area contributed by atoms with Crippen molar-refractivity contribution in [2.24, 2.45) is 0 Å². The fourth-order valence-corrected chi connectivity index (χ4v) is 9.72. The molecule has 0 aliphatic carbocycles. The van der Waals surface area contributed by atoms with Gasteiger partial charge in [0.2, 0.25) is 0 Å². The molecule has 1 amide bonds. The lowest BCUT2D eigenvalue weighted by Crippen LogP contribution is -2.67. The summed E-state index contributed by atoms with van der Waals surface area (Å²) in [4.78, 5) is 15.1. The van der Waals surface area contributed by atoms with Crippen LogP contribution in [0.5, 0.6) is 0 Å². The maximum atomic E-state index is 13.3. The van der Waals surface area contributed by atoms with E-state index in [1.165, 1.54) is 10.4 Å². The number of carbonyl (C=O) groups excluding carboxylic acids is 1. The first-order valence-corrected chi connectivity index (χ1v) is 14.9. The highest BCUT2D eigenvalue weighted by atomic mass is 28.4. The zero-order chi connectivity index (χ0) is 26.7. The van der Waals surface area contributed by atoms with E-state index in [2.05, 4.69) is 87.5 Å². The molecule has 0 saturated carbocycles. The van der Waals surface area contributed by atoms with Gasteiger partial charge in [-0.3, -0.25) is 4.90 Å². The first kappa shape index (κ1) is 26.9. The number of nitrogens with zero attached hydrogens (tertiary/aromatic N) is 1. The summed E-state index contributed by atoms with van der Waals surface area (Å²) in [5, 5.41) is 2.31. The standard InChI is InChI=1S/C32H39NO3Si/c1-31(2,3)36-30(34)33-23-26(25-16-10-7-11-17-25)22-27(33)24-35-37(32(4,5)6,28-18-12-8-13-19-28)29-20-14-9-15-21-29/h7-22,27H,23-24H2,1-6H3. The molecule has 0 spiro atoms. The van der Waals surface area contributed by atoms with Crippen LogP contribution in [-0.4, -0.2) is 44.1 Å². The average Bonchev–Trinajstić information content (AvgIpc) is 3.29. The van der Waals surface area contributed by atoms with E-state index in [1.54, 1.807) is 0 Å². The molecule has 0 saturated heterocycles. The molecule has 3 aromatic rings. The minimum absolute atomic E-state index is 0.142. The van der Waals surface area contributed by atoms with Crippen LogP contribution in [0.1, 0.15) is 47.1 Å². The topological polar surface area (TPSA) is 38.8 Å². The summed E-state index contributed by atoms with van der Waals surface area (Å²) in [6.45, 7) is 13.4. The van der Waals surface area contributed by atoms with Crippen molar-refractivity contribution in [3.63, 3.8) is 0 Å². The fourth-order valence-electron chi connectivity index (χ4n) is 5.15. The van der Waals surface area contributed by atoms with Crippen LogP contribution in [0, 0.1) is 0 Å². The Morgan fingerprint density at radius 3 is 1.76 bits per heavy atom.